The second-order valence-corrected chi connectivity index (χ2v) is 20.4. The van der Waals surface area contributed by atoms with Crippen molar-refractivity contribution in [2.24, 2.45) is 7.05 Å². The number of carbonyl (C=O) groups excluding carboxylic acids is 1. The number of halogens is 1. The average Bonchev–Trinajstić information content (AvgIpc) is 4.16. The van der Waals surface area contributed by atoms with Crippen molar-refractivity contribution in [3.05, 3.63) is 161 Å². The van der Waals surface area contributed by atoms with Crippen molar-refractivity contribution in [3.8, 4) is 45.4 Å². The number of amides is 1. The molecule has 2 aliphatic rings. The Balaban J connectivity index is 0.000000178. The van der Waals surface area contributed by atoms with E-state index in [2.05, 4.69) is 76.6 Å². The van der Waals surface area contributed by atoms with Gasteiger partial charge in [0.15, 0.2) is 11.3 Å². The molecular formula is C58H63BrN10O4. The number of fused-ring (bicyclic) bond motifs is 2. The summed E-state index contributed by atoms with van der Waals surface area (Å²) in [7, 11) is 1.92. The maximum atomic E-state index is 12.4. The zero-order chi connectivity index (χ0) is 49.6. The summed E-state index contributed by atoms with van der Waals surface area (Å²) in [6, 6.07) is 36.8. The minimum Gasteiger partial charge on any atom is -0.488 e. The van der Waals surface area contributed by atoms with Crippen LogP contribution in [0.15, 0.2) is 138 Å². The van der Waals surface area contributed by atoms with Crippen LogP contribution in [0.25, 0.3) is 56.2 Å². The van der Waals surface area contributed by atoms with Crippen LogP contribution in [0.1, 0.15) is 88.0 Å². The first kappa shape index (κ1) is 50.6. The van der Waals surface area contributed by atoms with Crippen LogP contribution in [-0.2, 0) is 25.0 Å². The topological polar surface area (TPSA) is 161 Å². The van der Waals surface area contributed by atoms with Crippen molar-refractivity contribution >= 4 is 44.4 Å². The van der Waals surface area contributed by atoms with Gasteiger partial charge in [-0.25, -0.2) is 24.7 Å². The van der Waals surface area contributed by atoms with E-state index in [1.807, 2.05) is 131 Å². The van der Waals surface area contributed by atoms with Gasteiger partial charge in [-0.05, 0) is 158 Å². The monoisotopic (exact) mass is 1040 g/mol. The summed E-state index contributed by atoms with van der Waals surface area (Å²) in [6.45, 7) is 10.2. The highest BCUT2D eigenvalue weighted by atomic mass is 79.9. The van der Waals surface area contributed by atoms with Gasteiger partial charge in [0.05, 0.1) is 21.7 Å². The van der Waals surface area contributed by atoms with Crippen LogP contribution in [0, 0.1) is 0 Å². The van der Waals surface area contributed by atoms with Crippen molar-refractivity contribution < 1.29 is 19.0 Å². The van der Waals surface area contributed by atoms with Gasteiger partial charge in [-0.3, -0.25) is 4.68 Å². The Morgan fingerprint density at radius 2 is 1.21 bits per heavy atom. The van der Waals surface area contributed by atoms with Crippen molar-refractivity contribution in [2.75, 3.05) is 26.2 Å². The molecule has 9 aromatic rings. The number of hydrogen-bond acceptors (Lipinski definition) is 10. The molecule has 3 N–H and O–H groups in total. The van der Waals surface area contributed by atoms with E-state index in [4.69, 9.17) is 24.2 Å². The molecule has 73 heavy (non-hydrogen) atoms. The van der Waals surface area contributed by atoms with Crippen LogP contribution in [0.5, 0.6) is 11.5 Å². The molecule has 15 heteroatoms. The second kappa shape index (κ2) is 22.6. The van der Waals surface area contributed by atoms with Gasteiger partial charge in [-0.15, -0.1) is 0 Å². The molecule has 0 aliphatic carbocycles. The van der Waals surface area contributed by atoms with E-state index >= 15 is 0 Å². The lowest BCUT2D eigenvalue weighted by Gasteiger charge is -2.33. The quantitative estimate of drug-likeness (QED) is 0.114. The molecule has 14 nitrogen and oxygen atoms in total. The maximum absolute atomic E-state index is 12.4. The summed E-state index contributed by atoms with van der Waals surface area (Å²) in [6.07, 6.45) is 11.6. The molecule has 4 aromatic carbocycles. The number of aryl methyl sites for hydroxylation is 1. The van der Waals surface area contributed by atoms with Crippen LogP contribution in [0.4, 0.5) is 4.79 Å². The predicted molar refractivity (Wildman–Crippen MR) is 291 cm³/mol. The Morgan fingerprint density at radius 3 is 1.74 bits per heavy atom. The number of ether oxygens (including phenoxy) is 3. The number of likely N-dealkylation sites (tertiary alicyclic amines) is 1. The number of carbonyl (C=O) groups is 1. The largest absolute Gasteiger partial charge is 0.488 e. The van der Waals surface area contributed by atoms with Crippen molar-refractivity contribution in [3.63, 3.8) is 0 Å². The molecule has 2 aliphatic heterocycles. The van der Waals surface area contributed by atoms with E-state index in [1.54, 1.807) is 9.58 Å². The lowest BCUT2D eigenvalue weighted by molar-refractivity contribution is 0.0204. The third kappa shape index (κ3) is 12.5. The van der Waals surface area contributed by atoms with E-state index in [9.17, 15) is 4.79 Å². The number of benzene rings is 4. The summed E-state index contributed by atoms with van der Waals surface area (Å²) in [5.41, 5.74) is 11.4. The first-order valence-corrected chi connectivity index (χ1v) is 25.4. The number of hydrogen-bond donors (Lipinski definition) is 3. The zero-order valence-corrected chi connectivity index (χ0v) is 42.7. The van der Waals surface area contributed by atoms with Gasteiger partial charge in [-0.1, -0.05) is 68.1 Å². The first-order chi connectivity index (χ1) is 35.0. The van der Waals surface area contributed by atoms with Gasteiger partial charge in [-0.2, -0.15) is 5.10 Å². The van der Waals surface area contributed by atoms with Gasteiger partial charge in [0, 0.05) is 61.0 Å². The molecule has 1 amide bonds. The number of nitrogens with zero attached hydrogens (tertiary/aromatic N) is 7. The van der Waals surface area contributed by atoms with Gasteiger partial charge in [0.25, 0.3) is 0 Å². The van der Waals surface area contributed by atoms with Gasteiger partial charge in [0.1, 0.15) is 42.0 Å². The fraction of sp³-hybridized carbons (Fsp3) is 0.310. The minimum atomic E-state index is -0.480. The summed E-state index contributed by atoms with van der Waals surface area (Å²) in [5, 5.41) is 7.80. The van der Waals surface area contributed by atoms with E-state index in [1.165, 1.54) is 5.56 Å². The molecule has 11 rings (SSSR count). The molecule has 2 fully saturated rings. The molecule has 0 unspecified atom stereocenters. The van der Waals surface area contributed by atoms with Gasteiger partial charge >= 0.3 is 6.09 Å². The zero-order valence-electron chi connectivity index (χ0n) is 41.1. The molecular weight excluding hydrogens is 981 g/mol. The Bertz CT molecular complexity index is 3280. The summed E-state index contributed by atoms with van der Waals surface area (Å²) in [5.74, 6) is 4.05. The lowest BCUT2D eigenvalue weighted by atomic mass is 9.90. The number of nitrogens with one attached hydrogen (secondary N) is 3. The van der Waals surface area contributed by atoms with E-state index in [0.717, 1.165) is 122 Å². The molecule has 0 atom stereocenters. The van der Waals surface area contributed by atoms with Crippen LogP contribution in [0.2, 0.25) is 0 Å². The molecule has 0 saturated carbocycles. The Labute approximate surface area is 435 Å². The first-order valence-electron chi connectivity index (χ1n) is 24.6. The lowest BCUT2D eigenvalue weighted by Crippen LogP contribution is -2.41. The van der Waals surface area contributed by atoms with Crippen molar-refractivity contribution in [1.82, 2.24) is 49.9 Å². The van der Waals surface area contributed by atoms with Crippen LogP contribution in [-0.4, -0.2) is 82.5 Å². The van der Waals surface area contributed by atoms with Crippen LogP contribution < -0.4 is 14.8 Å². The Morgan fingerprint density at radius 1 is 0.671 bits per heavy atom. The number of piperidine rings is 2. The molecule has 376 valence electrons. The van der Waals surface area contributed by atoms with Crippen LogP contribution >= 0.6 is 15.9 Å². The molecule has 0 bridgehead atoms. The third-order valence-corrected chi connectivity index (χ3v) is 13.7. The molecule has 0 radical (unpaired) electrons. The predicted octanol–water partition coefficient (Wildman–Crippen LogP) is 12.8. The van der Waals surface area contributed by atoms with E-state index in [-0.39, 0.29) is 13.5 Å². The number of aromatic nitrogens is 8. The molecule has 0 spiro atoms. The maximum Gasteiger partial charge on any atom is 0.410 e. The SMILES string of the molecule is C.CC(C)(C)OC(=O)N1CCC(c2cnc3nc(-c4ccc(OCc5ccccc5)c(Br)c4)[nH]c3c2)CC1.Cn1cc(-c2cc(-c3nc4ncc(C5CCNCC5)cc4[nH]3)ccc2OCc2ccccc2)cn1. The van der Waals surface area contributed by atoms with E-state index in [0.29, 0.717) is 43.8 Å². The van der Waals surface area contributed by atoms with Crippen molar-refractivity contribution in [1.29, 1.82) is 0 Å². The standard InChI is InChI=1S/C29H31BrN4O3.C28H28N6O.CH4/c1-29(2,3)37-28(35)34-13-11-20(12-14-34)22-16-24-27(31-17-22)33-26(32-24)21-9-10-25(23(30)15-21)36-18-19-7-5-4-6-8-19;1-34-17-23(16-31-34)24-13-21(7-8-26(24)35-18-19-5-3-2-4-6-19)27-32-25-14-22(15-30-28(25)33-27)20-9-11-29-12-10-20;/h4-10,15-17,20H,11-14,18H2,1-3H3,(H,31,32,33);2-8,13-17,20,29H,9-12,18H2,1H3,(H,30,32,33);1H4. The fourth-order valence-electron chi connectivity index (χ4n) is 9.25. The normalized spacial score (nSPS) is 14.3. The number of aromatic amines is 2. The summed E-state index contributed by atoms with van der Waals surface area (Å²) >= 11 is 3.64. The highest BCUT2D eigenvalue weighted by Gasteiger charge is 2.28. The number of H-pyrrole nitrogens is 2. The Hall–Kier alpha value is -7.36. The summed E-state index contributed by atoms with van der Waals surface area (Å²) < 4.78 is 20.4. The number of imidazole rings is 2. The van der Waals surface area contributed by atoms with E-state index < -0.39 is 5.60 Å². The van der Waals surface area contributed by atoms with Gasteiger partial charge < -0.3 is 34.4 Å². The molecule has 2 saturated heterocycles. The third-order valence-electron chi connectivity index (χ3n) is 13.1. The second-order valence-electron chi connectivity index (χ2n) is 19.5. The minimum absolute atomic E-state index is 0. The Kier molecular flexibility index (Phi) is 15.7. The highest BCUT2D eigenvalue weighted by molar-refractivity contribution is 9.10. The van der Waals surface area contributed by atoms with Crippen LogP contribution in [0.3, 0.4) is 0 Å². The number of pyridine rings is 2. The molecule has 7 heterocycles. The molecule has 5 aromatic heterocycles. The number of rotatable bonds is 11. The fourth-order valence-corrected chi connectivity index (χ4v) is 9.75. The van der Waals surface area contributed by atoms with Gasteiger partial charge in [0.2, 0.25) is 0 Å². The highest BCUT2D eigenvalue weighted by Crippen LogP contribution is 2.36. The smallest absolute Gasteiger partial charge is 0.410 e. The summed E-state index contributed by atoms with van der Waals surface area (Å²) in [4.78, 5) is 39.9. The average molecular weight is 1040 g/mol. The van der Waals surface area contributed by atoms with Crippen molar-refractivity contribution in [2.45, 2.75) is 84.5 Å².